The van der Waals surface area contributed by atoms with Crippen LogP contribution in [0.3, 0.4) is 0 Å². The van der Waals surface area contributed by atoms with Gasteiger partial charge < -0.3 is 28.8 Å². The summed E-state index contributed by atoms with van der Waals surface area (Å²) in [5.41, 5.74) is 1.08. The Morgan fingerprint density at radius 3 is 1.84 bits per heavy atom. The van der Waals surface area contributed by atoms with Crippen molar-refractivity contribution in [1.29, 1.82) is 0 Å². The van der Waals surface area contributed by atoms with Gasteiger partial charge in [-0.05, 0) is 47.5 Å². The van der Waals surface area contributed by atoms with Crippen molar-refractivity contribution in [2.24, 2.45) is 0 Å². The fourth-order valence-electron chi connectivity index (χ4n) is 2.59. The molecule has 9 nitrogen and oxygen atoms in total. The molecule has 1 N–H and O–H groups in total. The van der Waals surface area contributed by atoms with E-state index in [1.807, 2.05) is 0 Å². The maximum Gasteiger partial charge on any atom is 0.336 e. The SMILES string of the molecule is COc1cc(/C=C/C(=O)Oc2c(OC)cc(/C=C/C(=O)O)cc2OC)ccc1OC(C)=O. The zero-order valence-electron chi connectivity index (χ0n) is 17.9. The Labute approximate surface area is 184 Å². The van der Waals surface area contributed by atoms with E-state index < -0.39 is 17.9 Å². The Morgan fingerprint density at radius 2 is 1.31 bits per heavy atom. The highest BCUT2D eigenvalue weighted by atomic mass is 16.6. The number of methoxy groups -OCH3 is 3. The molecule has 168 valence electrons. The molecule has 9 heteroatoms. The lowest BCUT2D eigenvalue weighted by atomic mass is 10.1. The summed E-state index contributed by atoms with van der Waals surface area (Å²) in [5, 5.41) is 8.78. The second kappa shape index (κ2) is 11.2. The van der Waals surface area contributed by atoms with Crippen LogP contribution in [0.4, 0.5) is 0 Å². The first-order valence-corrected chi connectivity index (χ1v) is 9.20. The third kappa shape index (κ3) is 6.63. The van der Waals surface area contributed by atoms with Crippen LogP contribution in [0.5, 0.6) is 28.7 Å². The molecule has 0 spiro atoms. The van der Waals surface area contributed by atoms with Crippen molar-refractivity contribution in [1.82, 2.24) is 0 Å². The van der Waals surface area contributed by atoms with E-state index in [9.17, 15) is 14.4 Å². The number of rotatable bonds is 9. The Bertz CT molecular complexity index is 1040. The number of aliphatic carboxylic acids is 1. The molecule has 0 bridgehead atoms. The molecule has 2 aromatic carbocycles. The summed E-state index contributed by atoms with van der Waals surface area (Å²) in [6.45, 7) is 1.28. The van der Waals surface area contributed by atoms with Crippen molar-refractivity contribution in [3.63, 3.8) is 0 Å². The normalized spacial score (nSPS) is 10.8. The van der Waals surface area contributed by atoms with Gasteiger partial charge in [0.1, 0.15) is 0 Å². The van der Waals surface area contributed by atoms with Crippen molar-refractivity contribution in [2.75, 3.05) is 21.3 Å². The molecule has 2 aromatic rings. The lowest BCUT2D eigenvalue weighted by Gasteiger charge is -2.13. The lowest BCUT2D eigenvalue weighted by molar-refractivity contribution is -0.132. The molecular weight excluding hydrogens is 420 g/mol. The molecule has 0 aliphatic rings. The second-order valence-corrected chi connectivity index (χ2v) is 6.18. The first-order chi connectivity index (χ1) is 15.3. The Morgan fingerprint density at radius 1 is 0.750 bits per heavy atom. The molecule has 0 aliphatic carbocycles. The van der Waals surface area contributed by atoms with Crippen molar-refractivity contribution < 1.29 is 43.2 Å². The number of carbonyl (C=O) groups is 3. The number of hydrogen-bond acceptors (Lipinski definition) is 8. The fraction of sp³-hybridized carbons (Fsp3) is 0.174. The maximum absolute atomic E-state index is 12.4. The van der Waals surface area contributed by atoms with Gasteiger partial charge in [-0.25, -0.2) is 9.59 Å². The van der Waals surface area contributed by atoms with E-state index in [2.05, 4.69) is 0 Å². The van der Waals surface area contributed by atoms with E-state index in [-0.39, 0.29) is 23.0 Å². The molecule has 0 saturated heterocycles. The van der Waals surface area contributed by atoms with E-state index in [1.54, 1.807) is 18.2 Å². The molecule has 0 radical (unpaired) electrons. The lowest BCUT2D eigenvalue weighted by Crippen LogP contribution is -2.07. The largest absolute Gasteiger partial charge is 0.493 e. The van der Waals surface area contributed by atoms with Gasteiger partial charge in [0.15, 0.2) is 23.0 Å². The minimum absolute atomic E-state index is 0.0416. The van der Waals surface area contributed by atoms with Crippen molar-refractivity contribution >= 4 is 30.1 Å². The minimum Gasteiger partial charge on any atom is -0.493 e. The van der Waals surface area contributed by atoms with Crippen molar-refractivity contribution in [3.05, 3.63) is 53.6 Å². The molecule has 0 atom stereocenters. The third-order valence-corrected chi connectivity index (χ3v) is 3.96. The fourth-order valence-corrected chi connectivity index (χ4v) is 2.59. The molecular formula is C23H22O9. The molecule has 0 fully saturated rings. The Balaban J connectivity index is 2.24. The minimum atomic E-state index is -1.11. The summed E-state index contributed by atoms with van der Waals surface area (Å²) >= 11 is 0. The summed E-state index contributed by atoms with van der Waals surface area (Å²) < 4.78 is 26.1. The Kier molecular flexibility index (Phi) is 8.41. The molecule has 0 amide bonds. The smallest absolute Gasteiger partial charge is 0.336 e. The van der Waals surface area contributed by atoms with Gasteiger partial charge in [-0.15, -0.1) is 0 Å². The summed E-state index contributed by atoms with van der Waals surface area (Å²) in [6.07, 6.45) is 5.00. The van der Waals surface area contributed by atoms with Crippen LogP contribution in [0.2, 0.25) is 0 Å². The molecule has 32 heavy (non-hydrogen) atoms. The standard InChI is InChI=1S/C23H22O9/c1-14(24)31-17-8-5-15(11-18(17)28-2)7-10-22(27)32-23-19(29-3)12-16(6-9-21(25)26)13-20(23)30-4/h5-13H,1-4H3,(H,25,26)/b9-6+,10-7+. The summed E-state index contributed by atoms with van der Waals surface area (Å²) in [4.78, 5) is 34.3. The van der Waals surface area contributed by atoms with Gasteiger partial charge in [0.25, 0.3) is 0 Å². The highest BCUT2D eigenvalue weighted by Crippen LogP contribution is 2.39. The van der Waals surface area contributed by atoms with Gasteiger partial charge in [-0.3, -0.25) is 4.79 Å². The van der Waals surface area contributed by atoms with Gasteiger partial charge in [-0.1, -0.05) is 6.07 Å². The number of carboxylic acid groups (broad SMARTS) is 1. The predicted molar refractivity (Wildman–Crippen MR) is 115 cm³/mol. The van der Waals surface area contributed by atoms with Crippen LogP contribution < -0.4 is 23.7 Å². The van der Waals surface area contributed by atoms with E-state index in [1.165, 1.54) is 58.6 Å². The van der Waals surface area contributed by atoms with Gasteiger partial charge in [0, 0.05) is 19.1 Å². The van der Waals surface area contributed by atoms with Crippen LogP contribution in [0, 0.1) is 0 Å². The van der Waals surface area contributed by atoms with E-state index in [4.69, 9.17) is 28.8 Å². The molecule has 0 aliphatic heterocycles. The van der Waals surface area contributed by atoms with Gasteiger partial charge in [-0.2, -0.15) is 0 Å². The first kappa shape index (κ1) is 24.0. The van der Waals surface area contributed by atoms with Crippen LogP contribution in [-0.4, -0.2) is 44.3 Å². The van der Waals surface area contributed by atoms with Crippen LogP contribution in [0.15, 0.2) is 42.5 Å². The number of esters is 2. The predicted octanol–water partition coefficient (Wildman–Crippen LogP) is 3.35. The number of hydrogen-bond donors (Lipinski definition) is 1. The zero-order chi connectivity index (χ0) is 23.7. The topological polar surface area (TPSA) is 118 Å². The number of benzene rings is 2. The summed E-state index contributed by atoms with van der Waals surface area (Å²) in [5.74, 6) is -1.32. The molecule has 0 aromatic heterocycles. The van der Waals surface area contributed by atoms with Crippen LogP contribution in [0.25, 0.3) is 12.2 Å². The van der Waals surface area contributed by atoms with E-state index >= 15 is 0 Å². The van der Waals surface area contributed by atoms with E-state index in [0.717, 1.165) is 6.08 Å². The molecule has 2 rings (SSSR count). The van der Waals surface area contributed by atoms with Crippen LogP contribution >= 0.6 is 0 Å². The molecule has 0 unspecified atom stereocenters. The summed E-state index contributed by atoms with van der Waals surface area (Å²) in [7, 11) is 4.19. The van der Waals surface area contributed by atoms with Crippen LogP contribution in [-0.2, 0) is 14.4 Å². The highest BCUT2D eigenvalue weighted by molar-refractivity contribution is 5.90. The van der Waals surface area contributed by atoms with Gasteiger partial charge in [0.2, 0.25) is 5.75 Å². The third-order valence-electron chi connectivity index (χ3n) is 3.96. The maximum atomic E-state index is 12.4. The number of ether oxygens (including phenoxy) is 5. The van der Waals surface area contributed by atoms with Crippen molar-refractivity contribution in [3.8, 4) is 28.7 Å². The number of carboxylic acids is 1. The molecule has 0 heterocycles. The monoisotopic (exact) mass is 442 g/mol. The van der Waals surface area contributed by atoms with Crippen molar-refractivity contribution in [2.45, 2.75) is 6.92 Å². The van der Waals surface area contributed by atoms with E-state index in [0.29, 0.717) is 16.9 Å². The quantitative estimate of drug-likeness (QED) is 0.354. The molecule has 0 saturated carbocycles. The van der Waals surface area contributed by atoms with Gasteiger partial charge >= 0.3 is 17.9 Å². The Hall–Kier alpha value is -4.27. The average molecular weight is 442 g/mol. The summed E-state index contributed by atoms with van der Waals surface area (Å²) in [6, 6.07) is 7.78. The second-order valence-electron chi connectivity index (χ2n) is 6.18. The first-order valence-electron chi connectivity index (χ1n) is 9.20. The number of carbonyl (C=O) groups excluding carboxylic acids is 2. The van der Waals surface area contributed by atoms with Gasteiger partial charge in [0.05, 0.1) is 21.3 Å². The van der Waals surface area contributed by atoms with Crippen LogP contribution in [0.1, 0.15) is 18.1 Å². The average Bonchev–Trinajstić information content (AvgIpc) is 2.76. The zero-order valence-corrected chi connectivity index (χ0v) is 17.9. The highest BCUT2D eigenvalue weighted by Gasteiger charge is 2.16.